The predicted molar refractivity (Wildman–Crippen MR) is 137 cm³/mol. The van der Waals surface area contributed by atoms with Crippen LogP contribution in [0.4, 0.5) is 0 Å². The van der Waals surface area contributed by atoms with Crippen molar-refractivity contribution in [2.75, 3.05) is 0 Å². The number of benzene rings is 4. The minimum absolute atomic E-state index is 0. The fourth-order valence-electron chi connectivity index (χ4n) is 3.46. The first kappa shape index (κ1) is 23.4. The van der Waals surface area contributed by atoms with E-state index in [0.717, 1.165) is 27.5 Å². The Bertz CT molecular complexity index is 1120. The summed E-state index contributed by atoms with van der Waals surface area (Å²) in [6, 6.07) is 31.2. The van der Waals surface area contributed by atoms with Crippen molar-refractivity contribution in [1.82, 2.24) is 0 Å². The SMILES string of the molecule is C.CB(O)c1ccc(Oc2ccc(B(O)c3ccc(-c4ccc(C)cc4)cc3)cc2)cc1. The van der Waals surface area contributed by atoms with Crippen LogP contribution in [0.1, 0.15) is 13.0 Å². The van der Waals surface area contributed by atoms with Gasteiger partial charge in [0.1, 0.15) is 11.5 Å². The lowest BCUT2D eigenvalue weighted by atomic mass is 9.56. The van der Waals surface area contributed by atoms with E-state index in [1.165, 1.54) is 5.56 Å². The van der Waals surface area contributed by atoms with Crippen LogP contribution >= 0.6 is 0 Å². The van der Waals surface area contributed by atoms with Crippen LogP contribution in [0.2, 0.25) is 6.82 Å². The maximum Gasteiger partial charge on any atom is 0.358 e. The van der Waals surface area contributed by atoms with Gasteiger partial charge in [0.05, 0.1) is 0 Å². The molecule has 0 atom stereocenters. The molecule has 32 heavy (non-hydrogen) atoms. The average Bonchev–Trinajstić information content (AvgIpc) is 2.80. The maximum atomic E-state index is 10.8. The van der Waals surface area contributed by atoms with Crippen LogP contribution in [-0.4, -0.2) is 23.9 Å². The number of ether oxygens (including phenoxy) is 1. The lowest BCUT2D eigenvalue weighted by Gasteiger charge is -2.11. The predicted octanol–water partition coefficient (Wildman–Crippen LogP) is 4.01. The molecule has 0 saturated heterocycles. The van der Waals surface area contributed by atoms with Gasteiger partial charge in [-0.3, -0.25) is 0 Å². The zero-order valence-electron chi connectivity index (χ0n) is 17.7. The van der Waals surface area contributed by atoms with Gasteiger partial charge in [0, 0.05) is 0 Å². The monoisotopic (exact) mass is 422 g/mol. The summed E-state index contributed by atoms with van der Waals surface area (Å²) >= 11 is 0. The molecule has 2 N–H and O–H groups in total. The van der Waals surface area contributed by atoms with Gasteiger partial charge in [0.15, 0.2) is 0 Å². The molecule has 0 fully saturated rings. The number of hydrogen-bond acceptors (Lipinski definition) is 3. The molecule has 4 aromatic carbocycles. The highest BCUT2D eigenvalue weighted by Gasteiger charge is 2.17. The molecule has 0 saturated carbocycles. The van der Waals surface area contributed by atoms with E-state index in [4.69, 9.17) is 4.74 Å². The topological polar surface area (TPSA) is 49.7 Å². The highest BCUT2D eigenvalue weighted by Crippen LogP contribution is 2.20. The van der Waals surface area contributed by atoms with E-state index in [-0.39, 0.29) is 7.43 Å². The van der Waals surface area contributed by atoms with E-state index in [0.29, 0.717) is 11.5 Å². The van der Waals surface area contributed by atoms with E-state index >= 15 is 0 Å². The van der Waals surface area contributed by atoms with Crippen molar-refractivity contribution in [3.8, 4) is 22.6 Å². The summed E-state index contributed by atoms with van der Waals surface area (Å²) in [6.07, 6.45) is 0. The van der Waals surface area contributed by atoms with Crippen molar-refractivity contribution in [1.29, 1.82) is 0 Å². The molecule has 0 aliphatic carbocycles. The van der Waals surface area contributed by atoms with Gasteiger partial charge in [-0.2, -0.15) is 0 Å². The van der Waals surface area contributed by atoms with Crippen molar-refractivity contribution in [3.63, 3.8) is 0 Å². The van der Waals surface area contributed by atoms with Gasteiger partial charge in [0.25, 0.3) is 0 Å². The minimum Gasteiger partial charge on any atom is -0.457 e. The quantitative estimate of drug-likeness (QED) is 0.462. The van der Waals surface area contributed by atoms with Gasteiger partial charge < -0.3 is 14.8 Å². The molecular formula is C27H28B2O3. The molecule has 0 heterocycles. The fraction of sp³-hybridized carbons (Fsp3) is 0.111. The molecule has 0 radical (unpaired) electrons. The lowest BCUT2D eigenvalue weighted by molar-refractivity contribution is 0.483. The van der Waals surface area contributed by atoms with Crippen LogP contribution in [0.25, 0.3) is 11.1 Å². The molecule has 160 valence electrons. The Morgan fingerprint density at radius 1 is 0.562 bits per heavy atom. The molecule has 5 heteroatoms. The van der Waals surface area contributed by atoms with E-state index in [2.05, 4.69) is 31.2 Å². The summed E-state index contributed by atoms with van der Waals surface area (Å²) in [5.74, 6) is 1.39. The van der Waals surface area contributed by atoms with Gasteiger partial charge in [-0.15, -0.1) is 0 Å². The fourth-order valence-corrected chi connectivity index (χ4v) is 3.46. The first-order chi connectivity index (χ1) is 15.0. The van der Waals surface area contributed by atoms with Gasteiger partial charge in [-0.25, -0.2) is 0 Å². The molecule has 3 nitrogen and oxygen atoms in total. The standard InChI is InChI=1S/C26H24B2O3.CH4/c1-19-3-5-20(6-4-19)21-7-9-23(10-8-21)28(30)24-13-17-26(18-14-24)31-25-15-11-22(12-16-25)27(2)29;/h3-18,29-30H,1-2H3;1H4. The highest BCUT2D eigenvalue weighted by atomic mass is 16.5. The largest absolute Gasteiger partial charge is 0.457 e. The van der Waals surface area contributed by atoms with Crippen LogP contribution in [-0.2, 0) is 0 Å². The van der Waals surface area contributed by atoms with Gasteiger partial charge in [-0.1, -0.05) is 92.6 Å². The average molecular weight is 422 g/mol. The van der Waals surface area contributed by atoms with E-state index in [9.17, 15) is 10.0 Å². The van der Waals surface area contributed by atoms with Crippen molar-refractivity contribution in [3.05, 3.63) is 103 Å². The Hall–Kier alpha value is -3.27. The second-order valence-corrected chi connectivity index (χ2v) is 7.81. The van der Waals surface area contributed by atoms with Crippen molar-refractivity contribution in [2.24, 2.45) is 0 Å². The third-order valence-electron chi connectivity index (χ3n) is 5.41. The molecule has 0 amide bonds. The molecule has 0 aliphatic rings. The van der Waals surface area contributed by atoms with Gasteiger partial charge in [-0.05, 0) is 58.7 Å². The van der Waals surface area contributed by atoms with Crippen LogP contribution in [0.15, 0.2) is 97.1 Å². The molecule has 0 aromatic heterocycles. The Morgan fingerprint density at radius 2 is 0.938 bits per heavy atom. The number of aryl methyl sites for hydroxylation is 1. The highest BCUT2D eigenvalue weighted by molar-refractivity contribution is 6.78. The molecule has 4 aromatic rings. The molecule has 0 spiro atoms. The number of rotatable bonds is 6. The van der Waals surface area contributed by atoms with Crippen molar-refractivity contribution >= 4 is 30.2 Å². The van der Waals surface area contributed by atoms with Crippen LogP contribution in [0, 0.1) is 6.92 Å². The molecule has 0 bridgehead atoms. The second kappa shape index (κ2) is 10.4. The summed E-state index contributed by atoms with van der Waals surface area (Å²) in [5.41, 5.74) is 6.02. The van der Waals surface area contributed by atoms with E-state index in [1.54, 1.807) is 6.82 Å². The third-order valence-corrected chi connectivity index (χ3v) is 5.41. The lowest BCUT2D eigenvalue weighted by Crippen LogP contribution is -2.42. The third kappa shape index (κ3) is 5.50. The zero-order valence-corrected chi connectivity index (χ0v) is 17.7. The molecule has 0 aliphatic heterocycles. The van der Waals surface area contributed by atoms with E-state index in [1.807, 2.05) is 72.8 Å². The summed E-state index contributed by atoms with van der Waals surface area (Å²) in [5, 5.41) is 20.4. The van der Waals surface area contributed by atoms with Crippen LogP contribution in [0.3, 0.4) is 0 Å². The second-order valence-electron chi connectivity index (χ2n) is 7.81. The molecular weight excluding hydrogens is 394 g/mol. The summed E-state index contributed by atoms with van der Waals surface area (Å²) < 4.78 is 5.86. The maximum absolute atomic E-state index is 10.8. The van der Waals surface area contributed by atoms with Crippen LogP contribution in [0.5, 0.6) is 11.5 Å². The zero-order chi connectivity index (χ0) is 21.8. The van der Waals surface area contributed by atoms with Crippen molar-refractivity contribution < 1.29 is 14.8 Å². The summed E-state index contributed by atoms with van der Waals surface area (Å²) in [6.45, 7) is 2.61. The number of hydrogen-bond donors (Lipinski definition) is 2. The van der Waals surface area contributed by atoms with Gasteiger partial charge >= 0.3 is 13.8 Å². The Kier molecular flexibility index (Phi) is 7.57. The minimum atomic E-state index is -0.702. The Labute approximate surface area is 191 Å². The van der Waals surface area contributed by atoms with Gasteiger partial charge in [0.2, 0.25) is 0 Å². The first-order valence-electron chi connectivity index (χ1n) is 10.4. The van der Waals surface area contributed by atoms with Crippen LogP contribution < -0.4 is 21.1 Å². The molecule has 4 rings (SSSR count). The summed E-state index contributed by atoms with van der Waals surface area (Å²) in [4.78, 5) is 0. The first-order valence-corrected chi connectivity index (χ1v) is 10.4. The Morgan fingerprint density at radius 3 is 1.38 bits per heavy atom. The smallest absolute Gasteiger partial charge is 0.358 e. The summed E-state index contributed by atoms with van der Waals surface area (Å²) in [7, 11) is 0. The molecule has 0 unspecified atom stereocenters. The normalized spacial score (nSPS) is 10.2. The van der Waals surface area contributed by atoms with E-state index < -0.39 is 13.8 Å². The van der Waals surface area contributed by atoms with Crippen molar-refractivity contribution in [2.45, 2.75) is 21.2 Å². The Balaban J connectivity index is 0.00000289.